The number of rotatable bonds is 4. The van der Waals surface area contributed by atoms with Gasteiger partial charge in [-0.25, -0.2) is 14.8 Å². The Morgan fingerprint density at radius 3 is 2.73 bits per heavy atom. The SMILES string of the molecule is CC#CCn1c(N2CCC[C@@H](N)C2)c(C#N)c2c1c(=O)n(Cc1nccc(C)n1)c(=O)n2C. The van der Waals surface area contributed by atoms with Gasteiger partial charge in [0.25, 0.3) is 5.56 Å². The maximum atomic E-state index is 13.7. The Balaban J connectivity index is 2.03. The van der Waals surface area contributed by atoms with Crippen LogP contribution in [0.3, 0.4) is 0 Å². The molecular weight excluding hydrogens is 420 g/mol. The highest BCUT2D eigenvalue weighted by atomic mass is 16.2. The number of anilines is 1. The topological polar surface area (TPSA) is 128 Å². The van der Waals surface area contributed by atoms with E-state index in [4.69, 9.17) is 5.73 Å². The lowest BCUT2D eigenvalue weighted by atomic mass is 10.1. The predicted molar refractivity (Wildman–Crippen MR) is 125 cm³/mol. The number of hydrogen-bond acceptors (Lipinski definition) is 7. The Morgan fingerprint density at radius 1 is 1.27 bits per heavy atom. The van der Waals surface area contributed by atoms with E-state index in [-0.39, 0.29) is 30.2 Å². The molecule has 1 fully saturated rings. The summed E-state index contributed by atoms with van der Waals surface area (Å²) in [6, 6.07) is 3.95. The number of nitrogens with two attached hydrogens (primary N) is 1. The first kappa shape index (κ1) is 22.3. The van der Waals surface area contributed by atoms with E-state index in [9.17, 15) is 14.9 Å². The fourth-order valence-electron chi connectivity index (χ4n) is 4.43. The Hall–Kier alpha value is -3.89. The molecule has 0 unspecified atom stereocenters. The van der Waals surface area contributed by atoms with Crippen molar-refractivity contribution in [1.29, 1.82) is 5.26 Å². The molecule has 1 aliphatic heterocycles. The van der Waals surface area contributed by atoms with Gasteiger partial charge in [-0.2, -0.15) is 5.26 Å². The standard InChI is InChI=1S/C23H26N8O2/c1-4-5-11-30-20-19(17(12-24)21(30)29-10-6-7-16(25)13-29)28(3)23(33)31(22(20)32)14-18-26-9-8-15(2)27-18/h8-9,16H,6-7,10-11,13-14,25H2,1-3H3/t16-/m1/s1. The van der Waals surface area contributed by atoms with E-state index in [0.717, 1.165) is 23.1 Å². The van der Waals surface area contributed by atoms with Crippen LogP contribution in [0.25, 0.3) is 11.0 Å². The van der Waals surface area contributed by atoms with Crippen LogP contribution in [0.15, 0.2) is 21.9 Å². The summed E-state index contributed by atoms with van der Waals surface area (Å²) in [6.45, 7) is 4.94. The quantitative estimate of drug-likeness (QED) is 0.577. The highest BCUT2D eigenvalue weighted by Crippen LogP contribution is 2.31. The number of aryl methyl sites for hydroxylation is 2. The van der Waals surface area contributed by atoms with Crippen LogP contribution in [0.2, 0.25) is 0 Å². The summed E-state index contributed by atoms with van der Waals surface area (Å²) in [5, 5.41) is 10.1. The van der Waals surface area contributed by atoms with Crippen LogP contribution in [0.1, 0.15) is 36.8 Å². The highest BCUT2D eigenvalue weighted by Gasteiger charge is 2.29. The second-order valence-corrected chi connectivity index (χ2v) is 8.22. The summed E-state index contributed by atoms with van der Waals surface area (Å²) in [4.78, 5) is 37.4. The van der Waals surface area contributed by atoms with E-state index in [2.05, 4.69) is 27.9 Å². The molecule has 10 nitrogen and oxygen atoms in total. The maximum Gasteiger partial charge on any atom is 0.331 e. The molecule has 0 bridgehead atoms. The highest BCUT2D eigenvalue weighted by molar-refractivity contribution is 5.90. The summed E-state index contributed by atoms with van der Waals surface area (Å²) in [5.74, 6) is 6.82. The first-order valence-electron chi connectivity index (χ1n) is 10.8. The van der Waals surface area contributed by atoms with Gasteiger partial charge in [0.05, 0.1) is 18.6 Å². The van der Waals surface area contributed by atoms with Gasteiger partial charge in [-0.15, -0.1) is 5.92 Å². The number of hydrogen-bond donors (Lipinski definition) is 1. The van der Waals surface area contributed by atoms with Crippen molar-refractivity contribution in [2.24, 2.45) is 12.8 Å². The monoisotopic (exact) mass is 446 g/mol. The van der Waals surface area contributed by atoms with Gasteiger partial charge in [0.1, 0.15) is 28.8 Å². The molecule has 170 valence electrons. The van der Waals surface area contributed by atoms with E-state index in [1.165, 1.54) is 4.57 Å². The third-order valence-electron chi connectivity index (χ3n) is 5.94. The minimum atomic E-state index is -0.533. The van der Waals surface area contributed by atoms with E-state index in [1.54, 1.807) is 30.8 Å². The van der Waals surface area contributed by atoms with Crippen LogP contribution >= 0.6 is 0 Å². The van der Waals surface area contributed by atoms with Crippen molar-refractivity contribution in [2.75, 3.05) is 18.0 Å². The summed E-state index contributed by atoms with van der Waals surface area (Å²) in [5.41, 5.74) is 6.77. The van der Waals surface area contributed by atoms with Gasteiger partial charge in [-0.3, -0.25) is 13.9 Å². The van der Waals surface area contributed by atoms with Crippen LogP contribution in [-0.2, 0) is 20.1 Å². The second-order valence-electron chi connectivity index (χ2n) is 8.22. The molecule has 0 spiro atoms. The van der Waals surface area contributed by atoms with Crippen molar-refractivity contribution in [1.82, 2.24) is 23.7 Å². The van der Waals surface area contributed by atoms with Crippen LogP contribution in [-0.4, -0.2) is 42.8 Å². The number of aromatic nitrogens is 5. The minimum Gasteiger partial charge on any atom is -0.355 e. The molecule has 1 atom stereocenters. The Labute approximate surface area is 190 Å². The fraction of sp³-hybridized carbons (Fsp3) is 0.435. The lowest BCUT2D eigenvalue weighted by molar-refractivity contribution is 0.499. The fourth-order valence-corrected chi connectivity index (χ4v) is 4.43. The van der Waals surface area contributed by atoms with Gasteiger partial charge < -0.3 is 15.2 Å². The molecule has 0 aromatic carbocycles. The van der Waals surface area contributed by atoms with E-state index >= 15 is 0 Å². The van der Waals surface area contributed by atoms with Crippen LogP contribution < -0.4 is 21.9 Å². The molecule has 4 rings (SSSR count). The molecule has 2 N–H and O–H groups in total. The smallest absolute Gasteiger partial charge is 0.331 e. The molecule has 0 amide bonds. The van der Waals surface area contributed by atoms with Crippen LogP contribution in [0, 0.1) is 30.1 Å². The average Bonchev–Trinajstić information content (AvgIpc) is 3.13. The molecule has 1 aliphatic rings. The zero-order valence-corrected chi connectivity index (χ0v) is 19.0. The molecule has 1 saturated heterocycles. The Kier molecular flexibility index (Phi) is 6.03. The molecule has 0 saturated carbocycles. The van der Waals surface area contributed by atoms with Gasteiger partial charge in [0.15, 0.2) is 0 Å². The van der Waals surface area contributed by atoms with Crippen molar-refractivity contribution in [3.63, 3.8) is 0 Å². The zero-order chi connectivity index (χ0) is 23.7. The van der Waals surface area contributed by atoms with Gasteiger partial charge in [-0.1, -0.05) is 5.92 Å². The first-order chi connectivity index (χ1) is 15.9. The summed E-state index contributed by atoms with van der Waals surface area (Å²) in [7, 11) is 1.57. The Morgan fingerprint density at radius 2 is 2.06 bits per heavy atom. The van der Waals surface area contributed by atoms with Gasteiger partial charge >= 0.3 is 5.69 Å². The molecule has 0 radical (unpaired) electrons. The average molecular weight is 447 g/mol. The van der Waals surface area contributed by atoms with E-state index < -0.39 is 11.2 Å². The van der Waals surface area contributed by atoms with Crippen molar-refractivity contribution in [3.8, 4) is 17.9 Å². The molecule has 3 aromatic rings. The van der Waals surface area contributed by atoms with Gasteiger partial charge in [0, 0.05) is 38.1 Å². The van der Waals surface area contributed by atoms with Gasteiger partial charge in [-0.05, 0) is 32.8 Å². The number of nitriles is 1. The number of fused-ring (bicyclic) bond motifs is 1. The van der Waals surface area contributed by atoms with Crippen molar-refractivity contribution in [2.45, 2.75) is 45.8 Å². The van der Waals surface area contributed by atoms with Crippen molar-refractivity contribution in [3.05, 3.63) is 50.2 Å². The Bertz CT molecular complexity index is 1440. The van der Waals surface area contributed by atoms with Crippen molar-refractivity contribution < 1.29 is 0 Å². The third kappa shape index (κ3) is 3.90. The lowest BCUT2D eigenvalue weighted by Crippen LogP contribution is -2.44. The normalized spacial score (nSPS) is 15.8. The zero-order valence-electron chi connectivity index (χ0n) is 19.0. The van der Waals surface area contributed by atoms with Crippen molar-refractivity contribution >= 4 is 16.9 Å². The molecule has 3 aromatic heterocycles. The molecule has 10 heteroatoms. The summed E-state index contributed by atoms with van der Waals surface area (Å²) < 4.78 is 4.21. The van der Waals surface area contributed by atoms with Crippen LogP contribution in [0.5, 0.6) is 0 Å². The summed E-state index contributed by atoms with van der Waals surface area (Å²) in [6.07, 6.45) is 3.37. The minimum absolute atomic E-state index is 0.0343. The largest absolute Gasteiger partial charge is 0.355 e. The van der Waals surface area contributed by atoms with Gasteiger partial charge in [0.2, 0.25) is 0 Å². The molecule has 4 heterocycles. The third-order valence-corrected chi connectivity index (χ3v) is 5.94. The molecule has 0 aliphatic carbocycles. The predicted octanol–water partition coefficient (Wildman–Crippen LogP) is 0.471. The van der Waals surface area contributed by atoms with E-state index in [1.807, 2.05) is 11.8 Å². The number of piperidine rings is 1. The molecular formula is C23H26N8O2. The van der Waals surface area contributed by atoms with Crippen LogP contribution in [0.4, 0.5) is 5.82 Å². The first-order valence-corrected chi connectivity index (χ1v) is 10.8. The maximum absolute atomic E-state index is 13.7. The second kappa shape index (κ2) is 8.93. The van der Waals surface area contributed by atoms with E-state index in [0.29, 0.717) is 30.2 Å². The summed E-state index contributed by atoms with van der Waals surface area (Å²) >= 11 is 0. The number of nitrogens with zero attached hydrogens (tertiary/aromatic N) is 7. The lowest BCUT2D eigenvalue weighted by Gasteiger charge is -2.33. The molecule has 33 heavy (non-hydrogen) atoms.